The number of carbonyl (C=O) groups excluding carboxylic acids is 2. The third-order valence-corrected chi connectivity index (χ3v) is 4.66. The topological polar surface area (TPSA) is 77.6 Å². The number of nitrogens with one attached hydrogen (secondary N) is 2. The minimum atomic E-state index is -0.362. The fourth-order valence-electron chi connectivity index (χ4n) is 3.34. The Morgan fingerprint density at radius 3 is 2.54 bits per heavy atom. The minimum absolute atomic E-state index is 0.222. The molecule has 2 aliphatic rings. The van der Waals surface area contributed by atoms with Gasteiger partial charge in [0.1, 0.15) is 5.82 Å². The molecular formula is C17H25N5O2. The number of hydrogen-bond donors (Lipinski definition) is 2. The second-order valence-electron chi connectivity index (χ2n) is 6.45. The lowest BCUT2D eigenvalue weighted by Crippen LogP contribution is -2.51. The summed E-state index contributed by atoms with van der Waals surface area (Å²) in [6, 6.07) is 5.74. The smallest absolute Gasteiger partial charge is 0.321 e. The highest BCUT2D eigenvalue weighted by Crippen LogP contribution is 2.17. The summed E-state index contributed by atoms with van der Waals surface area (Å²) in [5.74, 6) is 0.731. The number of hydrogen-bond acceptors (Lipinski definition) is 5. The van der Waals surface area contributed by atoms with Crippen molar-refractivity contribution in [3.8, 4) is 0 Å². The van der Waals surface area contributed by atoms with Crippen LogP contribution in [0.2, 0.25) is 0 Å². The monoisotopic (exact) mass is 331 g/mol. The Balaban J connectivity index is 1.37. The number of amides is 3. The van der Waals surface area contributed by atoms with Gasteiger partial charge in [-0.3, -0.25) is 15.0 Å². The fraction of sp³-hybridized carbons (Fsp3) is 0.588. The molecule has 0 spiro atoms. The minimum Gasteiger partial charge on any atom is -0.354 e. The second kappa shape index (κ2) is 8.10. The molecule has 2 fully saturated rings. The van der Waals surface area contributed by atoms with Gasteiger partial charge in [-0.2, -0.15) is 0 Å². The van der Waals surface area contributed by atoms with Crippen molar-refractivity contribution < 1.29 is 9.59 Å². The Hall–Kier alpha value is -2.15. The van der Waals surface area contributed by atoms with Crippen molar-refractivity contribution >= 4 is 17.8 Å². The van der Waals surface area contributed by atoms with Gasteiger partial charge in [-0.25, -0.2) is 9.78 Å². The molecule has 0 unspecified atom stereocenters. The average molecular weight is 331 g/mol. The van der Waals surface area contributed by atoms with Gasteiger partial charge in [0, 0.05) is 38.4 Å². The van der Waals surface area contributed by atoms with Gasteiger partial charge in [0.2, 0.25) is 5.91 Å². The Morgan fingerprint density at radius 1 is 1.12 bits per heavy atom. The molecule has 1 aliphatic carbocycles. The van der Waals surface area contributed by atoms with E-state index in [1.54, 1.807) is 6.20 Å². The summed E-state index contributed by atoms with van der Waals surface area (Å²) in [5.41, 5.74) is 0. The van der Waals surface area contributed by atoms with Crippen LogP contribution in [0.5, 0.6) is 0 Å². The van der Waals surface area contributed by atoms with E-state index >= 15 is 0 Å². The zero-order valence-electron chi connectivity index (χ0n) is 13.9. The average Bonchev–Trinajstić information content (AvgIpc) is 3.09. The molecule has 2 N–H and O–H groups in total. The molecule has 0 aromatic carbocycles. The van der Waals surface area contributed by atoms with Crippen molar-refractivity contribution in [3.63, 3.8) is 0 Å². The van der Waals surface area contributed by atoms with E-state index in [0.717, 1.165) is 57.7 Å². The van der Waals surface area contributed by atoms with Crippen LogP contribution in [0.1, 0.15) is 25.7 Å². The lowest BCUT2D eigenvalue weighted by molar-refractivity contribution is -0.121. The molecule has 1 aromatic heterocycles. The van der Waals surface area contributed by atoms with Crippen LogP contribution in [0.15, 0.2) is 24.4 Å². The first-order chi connectivity index (χ1) is 11.7. The van der Waals surface area contributed by atoms with Gasteiger partial charge in [0.25, 0.3) is 0 Å². The van der Waals surface area contributed by atoms with E-state index < -0.39 is 0 Å². The predicted octanol–water partition coefficient (Wildman–Crippen LogP) is 0.972. The SMILES string of the molecule is O=C(CN1CCN(c2ccccn2)CC1)NC(=O)NC1CCCC1. The standard InChI is InChI=1S/C17H25N5O2/c23-16(20-17(24)19-14-5-1-2-6-14)13-21-9-11-22(12-10-21)15-7-3-4-8-18-15/h3-4,7-8,14H,1-2,5-6,9-13H2,(H2,19,20,23,24). The quantitative estimate of drug-likeness (QED) is 0.860. The number of imide groups is 1. The summed E-state index contributed by atoms with van der Waals surface area (Å²) >= 11 is 0. The van der Waals surface area contributed by atoms with Gasteiger partial charge in [-0.15, -0.1) is 0 Å². The van der Waals surface area contributed by atoms with Crippen molar-refractivity contribution in [1.29, 1.82) is 0 Å². The largest absolute Gasteiger partial charge is 0.354 e. The number of urea groups is 1. The first-order valence-electron chi connectivity index (χ1n) is 8.69. The van der Waals surface area contributed by atoms with Crippen LogP contribution in [0.3, 0.4) is 0 Å². The van der Waals surface area contributed by atoms with Crippen LogP contribution in [-0.4, -0.2) is 60.6 Å². The fourth-order valence-corrected chi connectivity index (χ4v) is 3.34. The van der Waals surface area contributed by atoms with Gasteiger partial charge < -0.3 is 10.2 Å². The maximum atomic E-state index is 12.0. The summed E-state index contributed by atoms with van der Waals surface area (Å²) in [7, 11) is 0. The van der Waals surface area contributed by atoms with Crippen LogP contribution < -0.4 is 15.5 Å². The molecule has 1 aliphatic heterocycles. The van der Waals surface area contributed by atoms with Crippen LogP contribution in [0.4, 0.5) is 10.6 Å². The molecule has 0 atom stereocenters. The lowest BCUT2D eigenvalue weighted by Gasteiger charge is -2.34. The van der Waals surface area contributed by atoms with Crippen LogP contribution in [0, 0.1) is 0 Å². The van der Waals surface area contributed by atoms with Crippen LogP contribution >= 0.6 is 0 Å². The number of piperazine rings is 1. The van der Waals surface area contributed by atoms with E-state index in [1.165, 1.54) is 0 Å². The van der Waals surface area contributed by atoms with Crippen molar-refractivity contribution in [2.75, 3.05) is 37.6 Å². The Kier molecular flexibility index (Phi) is 5.63. The zero-order chi connectivity index (χ0) is 16.8. The lowest BCUT2D eigenvalue weighted by atomic mass is 10.2. The number of nitrogens with zero attached hydrogens (tertiary/aromatic N) is 3. The molecule has 7 nitrogen and oxygen atoms in total. The number of carbonyl (C=O) groups is 2. The van der Waals surface area contributed by atoms with Crippen molar-refractivity contribution in [2.24, 2.45) is 0 Å². The maximum Gasteiger partial charge on any atom is 0.321 e. The zero-order valence-corrected chi connectivity index (χ0v) is 13.9. The summed E-state index contributed by atoms with van der Waals surface area (Å²) in [5, 5.41) is 5.31. The molecule has 24 heavy (non-hydrogen) atoms. The van der Waals surface area contributed by atoms with E-state index in [9.17, 15) is 9.59 Å². The molecule has 2 heterocycles. The highest BCUT2D eigenvalue weighted by atomic mass is 16.2. The van der Waals surface area contributed by atoms with Gasteiger partial charge >= 0.3 is 6.03 Å². The molecule has 0 bridgehead atoms. The van der Waals surface area contributed by atoms with Gasteiger partial charge in [-0.05, 0) is 25.0 Å². The Morgan fingerprint density at radius 2 is 1.88 bits per heavy atom. The predicted molar refractivity (Wildman–Crippen MR) is 91.8 cm³/mol. The number of rotatable bonds is 4. The molecule has 1 saturated heterocycles. The summed E-state index contributed by atoms with van der Waals surface area (Å²) in [6.45, 7) is 3.49. The molecule has 130 valence electrons. The third-order valence-electron chi connectivity index (χ3n) is 4.66. The van der Waals surface area contributed by atoms with Gasteiger partial charge in [0.05, 0.1) is 6.54 Å². The molecule has 7 heteroatoms. The molecule has 1 saturated carbocycles. The molecule has 3 amide bonds. The molecule has 3 rings (SSSR count). The van der Waals surface area contributed by atoms with Gasteiger partial charge in [-0.1, -0.05) is 18.9 Å². The van der Waals surface area contributed by atoms with Crippen LogP contribution in [0.25, 0.3) is 0 Å². The molecular weight excluding hydrogens is 306 g/mol. The van der Waals surface area contributed by atoms with Crippen molar-refractivity contribution in [3.05, 3.63) is 24.4 Å². The Bertz CT molecular complexity index is 551. The Labute approximate surface area is 142 Å². The maximum absolute atomic E-state index is 12.0. The number of aromatic nitrogens is 1. The van der Waals surface area contributed by atoms with Crippen molar-refractivity contribution in [1.82, 2.24) is 20.5 Å². The summed E-state index contributed by atoms with van der Waals surface area (Å²) in [4.78, 5) is 32.4. The number of anilines is 1. The van der Waals surface area contributed by atoms with Gasteiger partial charge in [0.15, 0.2) is 0 Å². The van der Waals surface area contributed by atoms with E-state index in [2.05, 4.69) is 25.4 Å². The van der Waals surface area contributed by atoms with E-state index in [1.807, 2.05) is 18.2 Å². The normalized spacial score (nSPS) is 19.2. The molecule has 0 radical (unpaired) electrons. The summed E-state index contributed by atoms with van der Waals surface area (Å²) < 4.78 is 0. The highest BCUT2D eigenvalue weighted by Gasteiger charge is 2.22. The first-order valence-corrected chi connectivity index (χ1v) is 8.69. The third kappa shape index (κ3) is 4.67. The van der Waals surface area contributed by atoms with Crippen molar-refractivity contribution in [2.45, 2.75) is 31.7 Å². The van der Waals surface area contributed by atoms with E-state index in [4.69, 9.17) is 0 Å². The summed E-state index contributed by atoms with van der Waals surface area (Å²) in [6.07, 6.45) is 6.12. The first kappa shape index (κ1) is 16.7. The van der Waals surface area contributed by atoms with E-state index in [-0.39, 0.29) is 24.5 Å². The second-order valence-corrected chi connectivity index (χ2v) is 6.45. The van der Waals surface area contributed by atoms with E-state index in [0.29, 0.717) is 0 Å². The van der Waals surface area contributed by atoms with Crippen LogP contribution in [-0.2, 0) is 4.79 Å². The highest BCUT2D eigenvalue weighted by molar-refractivity contribution is 5.95. The number of pyridine rings is 1. The molecule has 1 aromatic rings.